The topological polar surface area (TPSA) is 47.8 Å². The van der Waals surface area contributed by atoms with Crippen molar-refractivity contribution in [3.63, 3.8) is 0 Å². The van der Waals surface area contributed by atoms with Crippen LogP contribution in [-0.2, 0) is 25.8 Å². The fraction of sp³-hybridized carbons (Fsp3) is 0.423. The maximum absolute atomic E-state index is 12.9. The van der Waals surface area contributed by atoms with E-state index >= 15 is 0 Å². The van der Waals surface area contributed by atoms with Gasteiger partial charge in [0.2, 0.25) is 0 Å². The van der Waals surface area contributed by atoms with Crippen LogP contribution in [0.2, 0.25) is 0 Å². The minimum atomic E-state index is 0.0726. The van der Waals surface area contributed by atoms with Gasteiger partial charge in [-0.05, 0) is 54.5 Å². The van der Waals surface area contributed by atoms with E-state index in [-0.39, 0.29) is 5.56 Å². The van der Waals surface area contributed by atoms with Crippen LogP contribution in [0.3, 0.4) is 0 Å². The molecular weight excluding hydrogens is 370 g/mol. The van der Waals surface area contributed by atoms with Crippen LogP contribution >= 0.6 is 0 Å². The molecule has 30 heavy (non-hydrogen) atoms. The van der Waals surface area contributed by atoms with E-state index in [1.807, 2.05) is 6.20 Å². The molecule has 3 rings (SSSR count). The number of rotatable bonds is 9. The Labute approximate surface area is 180 Å². The van der Waals surface area contributed by atoms with E-state index in [0.717, 1.165) is 66.6 Å². The molecule has 0 saturated heterocycles. The molecule has 4 nitrogen and oxygen atoms in total. The number of aryl methyl sites for hydroxylation is 2. The summed E-state index contributed by atoms with van der Waals surface area (Å²) in [6, 6.07) is 12.8. The van der Waals surface area contributed by atoms with Crippen LogP contribution in [0.25, 0.3) is 22.4 Å². The van der Waals surface area contributed by atoms with Crippen molar-refractivity contribution < 1.29 is 0 Å². The highest BCUT2D eigenvalue weighted by Gasteiger charge is 2.16. The highest BCUT2D eigenvalue weighted by atomic mass is 16.1. The zero-order chi connectivity index (χ0) is 21.5. The summed E-state index contributed by atoms with van der Waals surface area (Å²) in [5, 5.41) is 4.79. The number of hydrogen-bond acceptors (Lipinski definition) is 3. The van der Waals surface area contributed by atoms with Crippen LogP contribution in [0, 0.1) is 0 Å². The molecule has 0 radical (unpaired) electrons. The second-order valence-corrected chi connectivity index (χ2v) is 7.76. The quantitative estimate of drug-likeness (QED) is 0.450. The molecule has 2 heterocycles. The Morgan fingerprint density at radius 3 is 2.17 bits per heavy atom. The van der Waals surface area contributed by atoms with Gasteiger partial charge in [0.1, 0.15) is 0 Å². The number of hydrogen-bond donors (Lipinski definition) is 0. The average Bonchev–Trinajstić information content (AvgIpc) is 2.78. The number of benzene rings is 1. The van der Waals surface area contributed by atoms with Crippen LogP contribution in [0.15, 0.2) is 47.4 Å². The normalized spacial score (nSPS) is 11.1. The molecule has 0 aliphatic rings. The lowest BCUT2D eigenvalue weighted by atomic mass is 9.96. The Hall–Kier alpha value is -2.75. The van der Waals surface area contributed by atoms with Crippen molar-refractivity contribution in [1.82, 2.24) is 14.8 Å². The summed E-state index contributed by atoms with van der Waals surface area (Å²) in [5.74, 6) is 0. The molecular formula is C26H33N3O. The van der Waals surface area contributed by atoms with Gasteiger partial charge in [0.05, 0.1) is 5.69 Å². The zero-order valence-corrected chi connectivity index (χ0v) is 18.7. The van der Waals surface area contributed by atoms with Crippen molar-refractivity contribution in [2.45, 2.75) is 72.8 Å². The van der Waals surface area contributed by atoms with Gasteiger partial charge < -0.3 is 0 Å². The standard InChI is InChI=1S/C26H33N3O/c1-5-9-17-29-26(30)24(8-4)23(7-3)25(28-29)20-13-11-19(12-14-20)21-15-16-27-22(18-21)10-6-2/h11-16,18H,5-10,17H2,1-4H3. The van der Waals surface area contributed by atoms with E-state index in [9.17, 15) is 4.79 Å². The van der Waals surface area contributed by atoms with Crippen molar-refractivity contribution in [3.05, 3.63) is 69.8 Å². The summed E-state index contributed by atoms with van der Waals surface area (Å²) >= 11 is 0. The predicted molar refractivity (Wildman–Crippen MR) is 125 cm³/mol. The Kier molecular flexibility index (Phi) is 7.56. The number of pyridine rings is 1. The van der Waals surface area contributed by atoms with Crippen molar-refractivity contribution in [2.75, 3.05) is 0 Å². The molecule has 0 unspecified atom stereocenters. The summed E-state index contributed by atoms with van der Waals surface area (Å²) in [4.78, 5) is 17.3. The molecule has 0 fully saturated rings. The Bertz CT molecular complexity index is 1040. The SMILES string of the molecule is CCCCn1nc(-c2ccc(-c3ccnc(CCC)c3)cc2)c(CC)c(CC)c1=O. The van der Waals surface area contributed by atoms with Crippen LogP contribution in [0.1, 0.15) is 63.8 Å². The van der Waals surface area contributed by atoms with E-state index < -0.39 is 0 Å². The third-order valence-corrected chi connectivity index (χ3v) is 5.61. The van der Waals surface area contributed by atoms with E-state index in [1.54, 1.807) is 4.68 Å². The number of aromatic nitrogens is 3. The molecule has 0 amide bonds. The molecule has 0 spiro atoms. The predicted octanol–water partition coefficient (Wildman–Crippen LogP) is 5.85. The van der Waals surface area contributed by atoms with Crippen molar-refractivity contribution in [3.8, 4) is 22.4 Å². The van der Waals surface area contributed by atoms with E-state index in [2.05, 4.69) is 69.1 Å². The lowest BCUT2D eigenvalue weighted by Crippen LogP contribution is -2.28. The van der Waals surface area contributed by atoms with Gasteiger partial charge >= 0.3 is 0 Å². The zero-order valence-electron chi connectivity index (χ0n) is 18.7. The highest BCUT2D eigenvalue weighted by molar-refractivity contribution is 5.70. The summed E-state index contributed by atoms with van der Waals surface area (Å²) in [7, 11) is 0. The van der Waals surface area contributed by atoms with Crippen molar-refractivity contribution in [2.24, 2.45) is 0 Å². The van der Waals surface area contributed by atoms with E-state index in [4.69, 9.17) is 5.10 Å². The van der Waals surface area contributed by atoms with Gasteiger partial charge in [0, 0.05) is 29.6 Å². The molecule has 0 bridgehead atoms. The van der Waals surface area contributed by atoms with Crippen molar-refractivity contribution >= 4 is 0 Å². The van der Waals surface area contributed by atoms with E-state index in [1.165, 1.54) is 11.1 Å². The number of nitrogens with zero attached hydrogens (tertiary/aromatic N) is 3. The molecule has 4 heteroatoms. The molecule has 0 atom stereocenters. The van der Waals surface area contributed by atoms with Gasteiger partial charge in [-0.2, -0.15) is 5.10 Å². The molecule has 2 aromatic heterocycles. The third kappa shape index (κ3) is 4.69. The molecule has 3 aromatic rings. The largest absolute Gasteiger partial charge is 0.270 e. The first-order valence-electron chi connectivity index (χ1n) is 11.3. The maximum Gasteiger partial charge on any atom is 0.270 e. The lowest BCUT2D eigenvalue weighted by molar-refractivity contribution is 0.538. The Morgan fingerprint density at radius 2 is 1.53 bits per heavy atom. The maximum atomic E-state index is 12.9. The van der Waals surface area contributed by atoms with Crippen LogP contribution < -0.4 is 5.56 Å². The molecule has 0 aliphatic carbocycles. The average molecular weight is 404 g/mol. The van der Waals surface area contributed by atoms with Crippen LogP contribution in [0.4, 0.5) is 0 Å². The van der Waals surface area contributed by atoms with Gasteiger partial charge in [-0.3, -0.25) is 9.78 Å². The number of unbranched alkanes of at least 4 members (excludes halogenated alkanes) is 1. The minimum absolute atomic E-state index is 0.0726. The molecule has 0 saturated carbocycles. The Morgan fingerprint density at radius 1 is 0.833 bits per heavy atom. The van der Waals surface area contributed by atoms with Gasteiger partial charge in [-0.1, -0.05) is 64.8 Å². The fourth-order valence-corrected chi connectivity index (χ4v) is 3.96. The van der Waals surface area contributed by atoms with E-state index in [0.29, 0.717) is 6.54 Å². The second-order valence-electron chi connectivity index (χ2n) is 7.76. The third-order valence-electron chi connectivity index (χ3n) is 5.61. The van der Waals surface area contributed by atoms with Gasteiger partial charge in [-0.15, -0.1) is 0 Å². The summed E-state index contributed by atoms with van der Waals surface area (Å²) < 4.78 is 1.67. The van der Waals surface area contributed by atoms with Gasteiger partial charge in [0.15, 0.2) is 0 Å². The first kappa shape index (κ1) is 21.9. The molecule has 158 valence electrons. The summed E-state index contributed by atoms with van der Waals surface area (Å²) in [5.41, 5.74) is 7.56. The summed E-state index contributed by atoms with van der Waals surface area (Å²) in [6.45, 7) is 9.15. The minimum Gasteiger partial charge on any atom is -0.267 e. The molecule has 0 N–H and O–H groups in total. The molecule has 1 aromatic carbocycles. The second kappa shape index (κ2) is 10.3. The highest BCUT2D eigenvalue weighted by Crippen LogP contribution is 2.27. The molecule has 0 aliphatic heterocycles. The Balaban J connectivity index is 2.03. The summed E-state index contributed by atoms with van der Waals surface area (Å²) in [6.07, 6.45) is 7.52. The monoisotopic (exact) mass is 403 g/mol. The van der Waals surface area contributed by atoms with Crippen LogP contribution in [-0.4, -0.2) is 14.8 Å². The van der Waals surface area contributed by atoms with Gasteiger partial charge in [0.25, 0.3) is 5.56 Å². The van der Waals surface area contributed by atoms with Crippen molar-refractivity contribution in [1.29, 1.82) is 0 Å². The van der Waals surface area contributed by atoms with Gasteiger partial charge in [-0.25, -0.2) is 4.68 Å². The first-order chi connectivity index (χ1) is 14.6. The smallest absolute Gasteiger partial charge is 0.267 e. The lowest BCUT2D eigenvalue weighted by Gasteiger charge is -2.16. The first-order valence-corrected chi connectivity index (χ1v) is 11.3. The fourth-order valence-electron chi connectivity index (χ4n) is 3.96. The van der Waals surface area contributed by atoms with Crippen LogP contribution in [0.5, 0.6) is 0 Å².